The van der Waals surface area contributed by atoms with Gasteiger partial charge in [0.25, 0.3) is 0 Å². The Labute approximate surface area is 108 Å². The van der Waals surface area contributed by atoms with Crippen LogP contribution in [0.25, 0.3) is 0 Å². The largest absolute Gasteiger partial charge is 0.341 e. The number of nitrogens with zero attached hydrogens (tertiary/aromatic N) is 2. The van der Waals surface area contributed by atoms with Gasteiger partial charge in [-0.25, -0.2) is 0 Å². The molecule has 1 N–H and O–H groups in total. The van der Waals surface area contributed by atoms with Gasteiger partial charge < -0.3 is 15.1 Å². The van der Waals surface area contributed by atoms with Crippen LogP contribution < -0.4 is 5.32 Å². The summed E-state index contributed by atoms with van der Waals surface area (Å²) in [6.07, 6.45) is 3.84. The van der Waals surface area contributed by atoms with Gasteiger partial charge in [-0.05, 0) is 19.3 Å². The molecule has 0 aromatic carbocycles. The molecule has 1 saturated carbocycles. The van der Waals surface area contributed by atoms with Crippen molar-refractivity contribution in [2.45, 2.75) is 38.6 Å². The lowest BCUT2D eigenvalue weighted by Gasteiger charge is -2.22. The number of rotatable bonds is 4. The van der Waals surface area contributed by atoms with E-state index in [1.165, 1.54) is 12.8 Å². The summed E-state index contributed by atoms with van der Waals surface area (Å²) >= 11 is 0. The van der Waals surface area contributed by atoms with Gasteiger partial charge in [-0.15, -0.1) is 0 Å². The molecule has 5 heteroatoms. The minimum Gasteiger partial charge on any atom is -0.341 e. The maximum Gasteiger partial charge on any atom is 0.236 e. The van der Waals surface area contributed by atoms with Crippen LogP contribution in [-0.4, -0.2) is 60.4 Å². The van der Waals surface area contributed by atoms with Gasteiger partial charge in [0.05, 0.1) is 6.54 Å². The molecule has 0 unspecified atom stereocenters. The number of carbonyl (C=O) groups excluding carboxylic acids is 2. The molecule has 0 bridgehead atoms. The van der Waals surface area contributed by atoms with E-state index in [-0.39, 0.29) is 11.8 Å². The Morgan fingerprint density at radius 3 is 2.22 bits per heavy atom. The van der Waals surface area contributed by atoms with Crippen LogP contribution in [0.15, 0.2) is 0 Å². The van der Waals surface area contributed by atoms with Crippen molar-refractivity contribution in [2.75, 3.05) is 32.7 Å². The molecule has 0 spiro atoms. The van der Waals surface area contributed by atoms with Crippen molar-refractivity contribution < 1.29 is 9.59 Å². The fraction of sp³-hybridized carbons (Fsp3) is 0.846. The van der Waals surface area contributed by atoms with E-state index in [9.17, 15) is 9.59 Å². The number of hydrogen-bond acceptors (Lipinski definition) is 3. The highest BCUT2D eigenvalue weighted by molar-refractivity contribution is 5.79. The van der Waals surface area contributed by atoms with Gasteiger partial charge in [0.2, 0.25) is 11.8 Å². The van der Waals surface area contributed by atoms with Gasteiger partial charge in [0, 0.05) is 38.6 Å². The highest BCUT2D eigenvalue weighted by atomic mass is 16.2. The van der Waals surface area contributed by atoms with E-state index < -0.39 is 0 Å². The first-order chi connectivity index (χ1) is 8.70. The molecule has 5 nitrogen and oxygen atoms in total. The second-order valence-corrected chi connectivity index (χ2v) is 5.12. The first-order valence-corrected chi connectivity index (χ1v) is 6.99. The van der Waals surface area contributed by atoms with Crippen LogP contribution in [0.4, 0.5) is 0 Å². The SMILES string of the molecule is CCC(=O)N1CCCN(C(=O)CNC2CC2)CC1. The first kappa shape index (κ1) is 13.3. The Bertz CT molecular complexity index is 315. The van der Waals surface area contributed by atoms with Crippen molar-refractivity contribution in [1.82, 2.24) is 15.1 Å². The van der Waals surface area contributed by atoms with E-state index in [0.717, 1.165) is 19.5 Å². The summed E-state index contributed by atoms with van der Waals surface area (Å²) in [4.78, 5) is 27.4. The number of carbonyl (C=O) groups is 2. The number of nitrogens with one attached hydrogen (secondary N) is 1. The summed E-state index contributed by atoms with van der Waals surface area (Å²) in [7, 11) is 0. The number of hydrogen-bond donors (Lipinski definition) is 1. The molecule has 1 heterocycles. The average Bonchev–Trinajstić information content (AvgIpc) is 3.20. The Kier molecular flexibility index (Phi) is 4.58. The van der Waals surface area contributed by atoms with E-state index in [4.69, 9.17) is 0 Å². The minimum absolute atomic E-state index is 0.174. The van der Waals surface area contributed by atoms with Crippen LogP contribution in [0.2, 0.25) is 0 Å². The molecule has 2 aliphatic rings. The maximum absolute atomic E-state index is 12.0. The molecular formula is C13H23N3O2. The van der Waals surface area contributed by atoms with Crippen molar-refractivity contribution in [1.29, 1.82) is 0 Å². The number of amides is 2. The molecule has 0 aromatic heterocycles. The molecule has 2 rings (SSSR count). The maximum atomic E-state index is 12.0. The van der Waals surface area contributed by atoms with Gasteiger partial charge in [-0.2, -0.15) is 0 Å². The van der Waals surface area contributed by atoms with Gasteiger partial charge in [-0.3, -0.25) is 9.59 Å². The predicted molar refractivity (Wildman–Crippen MR) is 69.1 cm³/mol. The van der Waals surface area contributed by atoms with E-state index in [1.54, 1.807) is 0 Å². The molecule has 1 saturated heterocycles. The second-order valence-electron chi connectivity index (χ2n) is 5.12. The Hall–Kier alpha value is -1.10. The van der Waals surface area contributed by atoms with Crippen LogP contribution in [0.3, 0.4) is 0 Å². The smallest absolute Gasteiger partial charge is 0.236 e. The van der Waals surface area contributed by atoms with E-state index in [0.29, 0.717) is 32.1 Å². The highest BCUT2D eigenvalue weighted by Crippen LogP contribution is 2.18. The van der Waals surface area contributed by atoms with E-state index in [2.05, 4.69) is 5.32 Å². The fourth-order valence-electron chi connectivity index (χ4n) is 2.27. The fourth-order valence-corrected chi connectivity index (χ4v) is 2.27. The molecule has 0 aromatic rings. The van der Waals surface area contributed by atoms with Crippen LogP contribution in [0.5, 0.6) is 0 Å². The molecule has 2 amide bonds. The molecule has 0 atom stereocenters. The van der Waals surface area contributed by atoms with E-state index >= 15 is 0 Å². The summed E-state index contributed by atoms with van der Waals surface area (Å²) in [5.41, 5.74) is 0. The Balaban J connectivity index is 1.76. The van der Waals surface area contributed by atoms with Crippen LogP contribution in [0.1, 0.15) is 32.6 Å². The van der Waals surface area contributed by atoms with Gasteiger partial charge in [0.1, 0.15) is 0 Å². The first-order valence-electron chi connectivity index (χ1n) is 6.99. The zero-order chi connectivity index (χ0) is 13.0. The third-order valence-electron chi connectivity index (χ3n) is 3.62. The highest BCUT2D eigenvalue weighted by Gasteiger charge is 2.24. The average molecular weight is 253 g/mol. The molecule has 2 fully saturated rings. The summed E-state index contributed by atoms with van der Waals surface area (Å²) in [6.45, 7) is 5.26. The molecular weight excluding hydrogens is 230 g/mol. The zero-order valence-corrected chi connectivity index (χ0v) is 11.2. The van der Waals surface area contributed by atoms with Gasteiger partial charge >= 0.3 is 0 Å². The van der Waals surface area contributed by atoms with Crippen LogP contribution >= 0.6 is 0 Å². The van der Waals surface area contributed by atoms with Crippen molar-refractivity contribution >= 4 is 11.8 Å². The lowest BCUT2D eigenvalue weighted by Crippen LogP contribution is -2.41. The monoisotopic (exact) mass is 253 g/mol. The Morgan fingerprint density at radius 2 is 1.67 bits per heavy atom. The lowest BCUT2D eigenvalue weighted by atomic mass is 10.3. The molecule has 0 radical (unpaired) electrons. The topological polar surface area (TPSA) is 52.7 Å². The van der Waals surface area contributed by atoms with Gasteiger partial charge in [-0.1, -0.05) is 6.92 Å². The molecule has 1 aliphatic heterocycles. The van der Waals surface area contributed by atoms with Gasteiger partial charge in [0.15, 0.2) is 0 Å². The lowest BCUT2D eigenvalue weighted by molar-refractivity contribution is -0.132. The minimum atomic E-state index is 0.174. The second kappa shape index (κ2) is 6.18. The molecule has 18 heavy (non-hydrogen) atoms. The summed E-state index contributed by atoms with van der Waals surface area (Å²) in [5, 5.41) is 3.25. The van der Waals surface area contributed by atoms with Crippen molar-refractivity contribution in [3.05, 3.63) is 0 Å². The molecule has 102 valence electrons. The summed E-state index contributed by atoms with van der Waals surface area (Å²) in [5.74, 6) is 0.369. The van der Waals surface area contributed by atoms with E-state index in [1.807, 2.05) is 16.7 Å². The Morgan fingerprint density at radius 1 is 1.06 bits per heavy atom. The quantitative estimate of drug-likeness (QED) is 0.779. The summed E-state index contributed by atoms with van der Waals surface area (Å²) in [6, 6.07) is 0.569. The third-order valence-corrected chi connectivity index (χ3v) is 3.62. The standard InChI is InChI=1S/C13H23N3O2/c1-2-12(17)15-6-3-7-16(9-8-15)13(18)10-14-11-4-5-11/h11,14H,2-10H2,1H3. The normalized spacial score (nSPS) is 20.7. The third kappa shape index (κ3) is 3.70. The summed E-state index contributed by atoms with van der Waals surface area (Å²) < 4.78 is 0. The van der Waals surface area contributed by atoms with Crippen LogP contribution in [-0.2, 0) is 9.59 Å². The predicted octanol–water partition coefficient (Wildman–Crippen LogP) is 0.209. The van der Waals surface area contributed by atoms with Crippen molar-refractivity contribution in [2.24, 2.45) is 0 Å². The van der Waals surface area contributed by atoms with Crippen LogP contribution in [0, 0.1) is 0 Å². The zero-order valence-electron chi connectivity index (χ0n) is 11.2. The molecule has 1 aliphatic carbocycles. The van der Waals surface area contributed by atoms with Crippen molar-refractivity contribution in [3.63, 3.8) is 0 Å². The van der Waals surface area contributed by atoms with Crippen molar-refractivity contribution in [3.8, 4) is 0 Å².